The first-order valence-corrected chi connectivity index (χ1v) is 9.75. The van der Waals surface area contributed by atoms with Crippen LogP contribution in [0.2, 0.25) is 0 Å². The molecule has 0 spiro atoms. The molecule has 162 valence electrons. The molecule has 8 heteroatoms. The summed E-state index contributed by atoms with van der Waals surface area (Å²) in [7, 11) is 2.24. The molecule has 0 saturated carbocycles. The molecular weight excluding hydrogens is 400 g/mol. The molecule has 0 aromatic heterocycles. The Morgan fingerprint density at radius 2 is 1.32 bits per heavy atom. The summed E-state index contributed by atoms with van der Waals surface area (Å²) in [4.78, 5) is 49.9. The number of hydrogen-bond donors (Lipinski definition) is 2. The first-order chi connectivity index (χ1) is 14.8. The zero-order valence-corrected chi connectivity index (χ0v) is 17.5. The molecule has 0 heterocycles. The van der Waals surface area contributed by atoms with Crippen LogP contribution in [0.1, 0.15) is 24.0 Å². The number of hydrogen-bond acceptors (Lipinski definition) is 6. The van der Waals surface area contributed by atoms with Crippen LogP contribution < -0.4 is 11.1 Å². The van der Waals surface area contributed by atoms with Crippen molar-refractivity contribution in [3.05, 3.63) is 59.7 Å². The number of rotatable bonds is 7. The average Bonchev–Trinajstić information content (AvgIpc) is 3.11. The maximum absolute atomic E-state index is 13.3. The van der Waals surface area contributed by atoms with Crippen LogP contribution in [-0.4, -0.2) is 44.0 Å². The number of fused-ring (bicyclic) bond motifs is 3. The third kappa shape index (κ3) is 4.01. The number of methoxy groups -OCH3 is 2. The van der Waals surface area contributed by atoms with Gasteiger partial charge in [-0.2, -0.15) is 0 Å². The molecule has 0 saturated heterocycles. The van der Waals surface area contributed by atoms with Crippen LogP contribution in [0.3, 0.4) is 0 Å². The van der Waals surface area contributed by atoms with Crippen molar-refractivity contribution in [1.29, 1.82) is 0 Å². The van der Waals surface area contributed by atoms with Gasteiger partial charge in [0.2, 0.25) is 11.8 Å². The Labute approximate surface area is 179 Å². The zero-order valence-electron chi connectivity index (χ0n) is 17.5. The fourth-order valence-corrected chi connectivity index (χ4v) is 4.11. The van der Waals surface area contributed by atoms with Gasteiger partial charge < -0.3 is 20.5 Å². The summed E-state index contributed by atoms with van der Waals surface area (Å²) in [6.45, 7) is 1.46. The predicted molar refractivity (Wildman–Crippen MR) is 112 cm³/mol. The summed E-state index contributed by atoms with van der Waals surface area (Å²) in [6, 6.07) is 13.7. The largest absolute Gasteiger partial charge is 0.468 e. The summed E-state index contributed by atoms with van der Waals surface area (Å²) >= 11 is 0. The first-order valence-electron chi connectivity index (χ1n) is 9.75. The van der Waals surface area contributed by atoms with E-state index >= 15 is 0 Å². The van der Waals surface area contributed by atoms with Gasteiger partial charge in [0.25, 0.3) is 0 Å². The maximum atomic E-state index is 13.3. The average molecular weight is 424 g/mol. The Hall–Kier alpha value is -3.68. The topological polar surface area (TPSA) is 125 Å². The van der Waals surface area contributed by atoms with Gasteiger partial charge in [-0.3, -0.25) is 19.2 Å². The lowest BCUT2D eigenvalue weighted by atomic mass is 9.86. The van der Waals surface area contributed by atoms with Gasteiger partial charge in [0.1, 0.15) is 6.04 Å². The molecule has 2 atom stereocenters. The number of carbonyl (C=O) groups is 4. The Kier molecular flexibility index (Phi) is 6.39. The normalized spacial score (nSPS) is 14.2. The number of amides is 2. The van der Waals surface area contributed by atoms with Gasteiger partial charge in [-0.05, 0) is 22.3 Å². The lowest BCUT2D eigenvalue weighted by Gasteiger charge is -2.28. The van der Waals surface area contributed by atoms with Crippen LogP contribution in [0.15, 0.2) is 48.5 Å². The van der Waals surface area contributed by atoms with E-state index in [2.05, 4.69) is 14.8 Å². The molecule has 2 aromatic carbocycles. The molecule has 1 aliphatic carbocycles. The lowest BCUT2D eigenvalue weighted by molar-refractivity contribution is -0.162. The quantitative estimate of drug-likeness (QED) is 0.511. The molecule has 3 N–H and O–H groups in total. The van der Waals surface area contributed by atoms with Crippen molar-refractivity contribution in [2.24, 2.45) is 17.6 Å². The molecule has 1 aliphatic rings. The Morgan fingerprint density at radius 3 is 1.74 bits per heavy atom. The van der Waals surface area contributed by atoms with Crippen molar-refractivity contribution in [2.75, 3.05) is 14.2 Å². The van der Waals surface area contributed by atoms with Crippen LogP contribution in [0.25, 0.3) is 11.1 Å². The fraction of sp³-hybridized carbons (Fsp3) is 0.304. The monoisotopic (exact) mass is 424 g/mol. The van der Waals surface area contributed by atoms with Crippen molar-refractivity contribution >= 4 is 23.8 Å². The second kappa shape index (κ2) is 8.99. The van der Waals surface area contributed by atoms with E-state index in [0.717, 1.165) is 36.5 Å². The first kappa shape index (κ1) is 22.0. The summed E-state index contributed by atoms with van der Waals surface area (Å²) in [5, 5.41) is 2.65. The van der Waals surface area contributed by atoms with Crippen molar-refractivity contribution in [1.82, 2.24) is 5.32 Å². The summed E-state index contributed by atoms with van der Waals surface area (Å²) in [5.41, 5.74) is 9.01. The molecule has 0 bridgehead atoms. The van der Waals surface area contributed by atoms with E-state index in [-0.39, 0.29) is 0 Å². The fourth-order valence-electron chi connectivity index (χ4n) is 4.11. The molecule has 2 aromatic rings. The molecule has 0 fully saturated rings. The maximum Gasteiger partial charge on any atom is 0.320 e. The van der Waals surface area contributed by atoms with Crippen LogP contribution in [0, 0.1) is 11.8 Å². The Balaban J connectivity index is 1.94. The molecule has 3 rings (SSSR count). The summed E-state index contributed by atoms with van der Waals surface area (Å²) < 4.78 is 9.36. The number of nitrogens with two attached hydrogens (primary N) is 1. The van der Waals surface area contributed by atoms with E-state index < -0.39 is 47.5 Å². The van der Waals surface area contributed by atoms with Crippen LogP contribution in [-0.2, 0) is 28.7 Å². The van der Waals surface area contributed by atoms with E-state index in [9.17, 15) is 19.2 Å². The molecule has 0 unspecified atom stereocenters. The highest BCUT2D eigenvalue weighted by Crippen LogP contribution is 2.44. The number of primary amides is 1. The van der Waals surface area contributed by atoms with E-state index in [1.165, 1.54) is 6.92 Å². The van der Waals surface area contributed by atoms with Crippen LogP contribution >= 0.6 is 0 Å². The molecule has 0 radical (unpaired) electrons. The molecule has 0 aliphatic heterocycles. The third-order valence-corrected chi connectivity index (χ3v) is 5.66. The number of benzene rings is 2. The minimum Gasteiger partial charge on any atom is -0.468 e. The smallest absolute Gasteiger partial charge is 0.320 e. The minimum absolute atomic E-state index is 0.457. The second-order valence-electron chi connectivity index (χ2n) is 7.38. The number of nitrogens with one attached hydrogen (secondary N) is 1. The zero-order chi connectivity index (χ0) is 22.7. The van der Waals surface area contributed by atoms with Gasteiger partial charge >= 0.3 is 11.9 Å². The third-order valence-electron chi connectivity index (χ3n) is 5.66. The molecule has 2 amide bonds. The molecule has 31 heavy (non-hydrogen) atoms. The van der Waals surface area contributed by atoms with Crippen molar-refractivity contribution < 1.29 is 28.7 Å². The van der Waals surface area contributed by atoms with Crippen molar-refractivity contribution in [2.45, 2.75) is 18.9 Å². The Bertz CT molecular complexity index is 973. The minimum atomic E-state index is -1.42. The Morgan fingerprint density at radius 1 is 0.871 bits per heavy atom. The van der Waals surface area contributed by atoms with Crippen molar-refractivity contribution in [3.63, 3.8) is 0 Å². The van der Waals surface area contributed by atoms with Gasteiger partial charge in [0.15, 0.2) is 5.92 Å². The number of ether oxygens (including phenoxy) is 2. The second-order valence-corrected chi connectivity index (χ2v) is 7.38. The SMILES string of the molecule is COC(=O)C(C(=O)OC)[C@@H](C)[C@H](NC(=O)C1c2ccccc2-c2ccccc21)C(N)=O. The van der Waals surface area contributed by atoms with Gasteiger partial charge in [0, 0.05) is 5.92 Å². The highest BCUT2D eigenvalue weighted by molar-refractivity contribution is 6.00. The summed E-state index contributed by atoms with van der Waals surface area (Å²) in [6.07, 6.45) is 0. The van der Waals surface area contributed by atoms with Gasteiger partial charge in [0.05, 0.1) is 20.1 Å². The van der Waals surface area contributed by atoms with Crippen LogP contribution in [0.4, 0.5) is 0 Å². The van der Waals surface area contributed by atoms with E-state index in [0.29, 0.717) is 0 Å². The number of carbonyl (C=O) groups excluding carboxylic acids is 4. The van der Waals surface area contributed by atoms with E-state index in [4.69, 9.17) is 5.73 Å². The van der Waals surface area contributed by atoms with E-state index in [1.54, 1.807) is 0 Å². The number of esters is 2. The lowest BCUT2D eigenvalue weighted by Crippen LogP contribution is -2.53. The standard InChI is InChI=1S/C23H24N2O6/c1-12(17(22(28)30-2)23(29)31-3)19(20(24)26)25-21(27)18-15-10-6-4-8-13(15)14-9-5-7-11-16(14)18/h4-12,17-19H,1-3H3,(H2,24,26)(H,25,27)/t12-,19+/m1/s1. The van der Waals surface area contributed by atoms with Gasteiger partial charge in [-0.1, -0.05) is 55.5 Å². The van der Waals surface area contributed by atoms with Crippen LogP contribution in [0.5, 0.6) is 0 Å². The highest BCUT2D eigenvalue weighted by atomic mass is 16.5. The molecular formula is C23H24N2O6. The predicted octanol–water partition coefficient (Wildman–Crippen LogP) is 1.37. The van der Waals surface area contributed by atoms with Gasteiger partial charge in [-0.15, -0.1) is 0 Å². The molecule has 8 nitrogen and oxygen atoms in total. The highest BCUT2D eigenvalue weighted by Gasteiger charge is 2.43. The van der Waals surface area contributed by atoms with E-state index in [1.807, 2.05) is 48.5 Å². The summed E-state index contributed by atoms with van der Waals surface area (Å²) in [5.74, 6) is -6.16. The van der Waals surface area contributed by atoms with Gasteiger partial charge in [-0.25, -0.2) is 0 Å². The van der Waals surface area contributed by atoms with Crippen molar-refractivity contribution in [3.8, 4) is 11.1 Å².